The van der Waals surface area contributed by atoms with Gasteiger partial charge in [-0.1, -0.05) is 19.8 Å². The summed E-state index contributed by atoms with van der Waals surface area (Å²) in [4.78, 5) is 16.3. The third-order valence-corrected chi connectivity index (χ3v) is 4.10. The number of halogens is 1. The molecule has 1 aromatic carbocycles. The average molecular weight is 420 g/mol. The summed E-state index contributed by atoms with van der Waals surface area (Å²) in [7, 11) is 0. The van der Waals surface area contributed by atoms with E-state index in [1.165, 1.54) is 6.42 Å². The van der Waals surface area contributed by atoms with E-state index < -0.39 is 5.91 Å². The van der Waals surface area contributed by atoms with Crippen molar-refractivity contribution in [1.82, 2.24) is 10.3 Å². The van der Waals surface area contributed by atoms with Crippen molar-refractivity contribution >= 4 is 52.3 Å². The second kappa shape index (κ2) is 10.6. The van der Waals surface area contributed by atoms with Gasteiger partial charge >= 0.3 is 0 Å². The molecule has 0 radical (unpaired) electrons. The van der Waals surface area contributed by atoms with Crippen LogP contribution in [0.4, 0.5) is 5.69 Å². The summed E-state index contributed by atoms with van der Waals surface area (Å²) in [6, 6.07) is 10.8. The van der Waals surface area contributed by atoms with Crippen molar-refractivity contribution in [3.63, 3.8) is 0 Å². The maximum atomic E-state index is 12.3. The summed E-state index contributed by atoms with van der Waals surface area (Å²) in [6.07, 6.45) is 6.62. The van der Waals surface area contributed by atoms with Gasteiger partial charge in [0.2, 0.25) is 0 Å². The van der Waals surface area contributed by atoms with E-state index in [2.05, 4.69) is 22.5 Å². The molecule has 0 saturated carbocycles. The fraction of sp³-hybridized carbons (Fsp3) is 0.250. The predicted octanol–water partition coefficient (Wildman–Crippen LogP) is 4.95. The number of rotatable bonds is 7. The van der Waals surface area contributed by atoms with Crippen molar-refractivity contribution in [2.45, 2.75) is 26.2 Å². The minimum Gasteiger partial charge on any atom is -0.494 e. The highest BCUT2D eigenvalue weighted by Gasteiger charge is 2.13. The fourth-order valence-corrected chi connectivity index (χ4v) is 2.71. The van der Waals surface area contributed by atoms with E-state index >= 15 is 0 Å². The van der Waals surface area contributed by atoms with Crippen molar-refractivity contribution in [2.75, 3.05) is 11.9 Å². The number of amides is 1. The Hall–Kier alpha value is -2.64. The largest absolute Gasteiger partial charge is 0.494 e. The maximum absolute atomic E-state index is 12.3. The van der Waals surface area contributed by atoms with E-state index in [1.54, 1.807) is 24.5 Å². The molecule has 2 N–H and O–H groups in total. The zero-order valence-corrected chi connectivity index (χ0v) is 17.1. The maximum Gasteiger partial charge on any atom is 0.293 e. The third kappa shape index (κ3) is 5.94. The molecule has 28 heavy (non-hydrogen) atoms. The number of nitrogens with zero attached hydrogens (tertiary/aromatic N) is 1. The molecule has 0 unspecified atom stereocenters. The van der Waals surface area contributed by atoms with Gasteiger partial charge in [0.15, 0.2) is 10.9 Å². The fourth-order valence-electron chi connectivity index (χ4n) is 2.50. The lowest BCUT2D eigenvalue weighted by Crippen LogP contribution is -2.33. The first-order chi connectivity index (χ1) is 13.2. The van der Waals surface area contributed by atoms with Gasteiger partial charge in [0.05, 0.1) is 6.61 Å². The van der Waals surface area contributed by atoms with Crippen molar-refractivity contribution in [3.8, 4) is 5.75 Å². The minimum atomic E-state index is -0.417. The highest BCUT2D eigenvalue weighted by Crippen LogP contribution is 2.18. The van der Waals surface area contributed by atoms with E-state index in [4.69, 9.17) is 21.4 Å². The standard InChI is InChI=1S/C20H21N3O3S.ClH/c1-2-3-4-11-25-16-7-5-15(6-8-16)22-20(27)23-19(24)18-12-14-13-21-10-9-17(14)26-18;/h5-10,12-13H,2-4,11H2,1H3,(H2,22,23,24,27);1H. The van der Waals surface area contributed by atoms with Crippen molar-refractivity contribution in [1.29, 1.82) is 0 Å². The molecule has 0 bridgehead atoms. The van der Waals surface area contributed by atoms with Crippen LogP contribution in [-0.2, 0) is 0 Å². The van der Waals surface area contributed by atoms with Crippen LogP contribution in [0.25, 0.3) is 11.0 Å². The van der Waals surface area contributed by atoms with Gasteiger partial charge in [0.1, 0.15) is 11.3 Å². The van der Waals surface area contributed by atoms with Crippen LogP contribution < -0.4 is 15.4 Å². The molecule has 0 fully saturated rings. The van der Waals surface area contributed by atoms with Gasteiger partial charge in [-0.15, -0.1) is 12.4 Å². The van der Waals surface area contributed by atoms with Crippen LogP contribution in [0.3, 0.4) is 0 Å². The smallest absolute Gasteiger partial charge is 0.293 e. The number of hydrogen-bond donors (Lipinski definition) is 2. The van der Waals surface area contributed by atoms with Crippen molar-refractivity contribution in [3.05, 3.63) is 54.6 Å². The number of unbranched alkanes of at least 4 members (excludes halogenated alkanes) is 2. The van der Waals surface area contributed by atoms with E-state index in [-0.39, 0.29) is 23.3 Å². The third-order valence-electron chi connectivity index (χ3n) is 3.90. The van der Waals surface area contributed by atoms with E-state index in [0.29, 0.717) is 12.2 Å². The Balaban J connectivity index is 0.00000280. The Morgan fingerprint density at radius 1 is 1.21 bits per heavy atom. The number of anilines is 1. The zero-order chi connectivity index (χ0) is 19.1. The molecular weight excluding hydrogens is 398 g/mol. The molecular formula is C20H22ClN3O3S. The molecule has 3 aromatic rings. The van der Waals surface area contributed by atoms with Gasteiger partial charge in [-0.25, -0.2) is 0 Å². The number of carbonyl (C=O) groups excluding carboxylic acids is 1. The number of carbonyl (C=O) groups is 1. The number of benzene rings is 1. The molecule has 3 rings (SSSR count). The molecule has 0 aliphatic heterocycles. The summed E-state index contributed by atoms with van der Waals surface area (Å²) in [5.41, 5.74) is 1.36. The molecule has 2 aromatic heterocycles. The first-order valence-electron chi connectivity index (χ1n) is 8.84. The Morgan fingerprint density at radius 3 is 2.71 bits per heavy atom. The highest BCUT2D eigenvalue weighted by molar-refractivity contribution is 7.80. The number of ether oxygens (including phenoxy) is 1. The molecule has 6 nitrogen and oxygen atoms in total. The zero-order valence-electron chi connectivity index (χ0n) is 15.4. The van der Waals surface area contributed by atoms with Crippen molar-refractivity contribution in [2.24, 2.45) is 0 Å². The number of thiocarbonyl (C=S) groups is 1. The lowest BCUT2D eigenvalue weighted by Gasteiger charge is -2.10. The van der Waals surface area contributed by atoms with Gasteiger partial charge in [-0.2, -0.15) is 0 Å². The van der Waals surface area contributed by atoms with Crippen LogP contribution in [0.15, 0.2) is 53.2 Å². The molecule has 0 aliphatic carbocycles. The first kappa shape index (κ1) is 21.7. The van der Waals surface area contributed by atoms with Crippen molar-refractivity contribution < 1.29 is 13.9 Å². The van der Waals surface area contributed by atoms with Crippen LogP contribution >= 0.6 is 24.6 Å². The molecule has 0 saturated heterocycles. The van der Waals surface area contributed by atoms with Gasteiger partial charge < -0.3 is 14.5 Å². The minimum absolute atomic E-state index is 0. The Morgan fingerprint density at radius 2 is 2.00 bits per heavy atom. The quantitative estimate of drug-likeness (QED) is 0.417. The van der Waals surface area contributed by atoms with E-state index in [0.717, 1.165) is 29.7 Å². The van der Waals surface area contributed by atoms with Gasteiger partial charge in [0.25, 0.3) is 5.91 Å². The molecule has 8 heteroatoms. The first-order valence-corrected chi connectivity index (χ1v) is 9.25. The predicted molar refractivity (Wildman–Crippen MR) is 116 cm³/mol. The summed E-state index contributed by atoms with van der Waals surface area (Å²) in [6.45, 7) is 2.87. The summed E-state index contributed by atoms with van der Waals surface area (Å²) < 4.78 is 11.2. The molecule has 0 aliphatic rings. The Kier molecular flexibility index (Phi) is 8.22. The number of pyridine rings is 1. The average Bonchev–Trinajstić information content (AvgIpc) is 3.11. The number of furan rings is 1. The molecule has 1 amide bonds. The van der Waals surface area contributed by atoms with Crippen LogP contribution in [0, 0.1) is 0 Å². The second-order valence-corrected chi connectivity index (χ2v) is 6.42. The number of aromatic nitrogens is 1. The van der Waals surface area contributed by atoms with Gasteiger partial charge in [-0.05, 0) is 55.0 Å². The monoisotopic (exact) mass is 419 g/mol. The normalized spacial score (nSPS) is 10.2. The lowest BCUT2D eigenvalue weighted by atomic mass is 10.2. The number of fused-ring (bicyclic) bond motifs is 1. The summed E-state index contributed by atoms with van der Waals surface area (Å²) >= 11 is 5.20. The Labute approximate surface area is 175 Å². The molecule has 2 heterocycles. The number of hydrogen-bond acceptors (Lipinski definition) is 5. The SMILES string of the molecule is CCCCCOc1ccc(NC(=S)NC(=O)c2cc3cnccc3o2)cc1.Cl. The van der Waals surface area contributed by atoms with E-state index in [9.17, 15) is 4.79 Å². The van der Waals surface area contributed by atoms with Crippen LogP contribution in [0.5, 0.6) is 5.75 Å². The molecule has 148 valence electrons. The van der Waals surface area contributed by atoms with E-state index in [1.807, 2.05) is 24.3 Å². The summed E-state index contributed by atoms with van der Waals surface area (Å²) in [5.74, 6) is 0.569. The van der Waals surface area contributed by atoms with Gasteiger partial charge in [0, 0.05) is 23.5 Å². The van der Waals surface area contributed by atoms with Gasteiger partial charge in [-0.3, -0.25) is 15.1 Å². The second-order valence-electron chi connectivity index (χ2n) is 6.01. The molecule has 0 atom stereocenters. The van der Waals surface area contributed by atoms with Crippen LogP contribution in [0.2, 0.25) is 0 Å². The lowest BCUT2D eigenvalue weighted by molar-refractivity contribution is 0.0953. The van der Waals surface area contributed by atoms with Crippen LogP contribution in [0.1, 0.15) is 36.7 Å². The Bertz CT molecular complexity index is 895. The van der Waals surface area contributed by atoms with Crippen LogP contribution in [-0.4, -0.2) is 22.6 Å². The number of nitrogens with one attached hydrogen (secondary N) is 2. The summed E-state index contributed by atoms with van der Waals surface area (Å²) in [5, 5.41) is 6.52. The highest BCUT2D eigenvalue weighted by atomic mass is 35.5. The molecule has 0 spiro atoms. The topological polar surface area (TPSA) is 76.4 Å².